The van der Waals surface area contributed by atoms with Crippen LogP contribution in [0.25, 0.3) is 0 Å². The van der Waals surface area contributed by atoms with E-state index >= 15 is 0 Å². The van der Waals surface area contributed by atoms with Crippen LogP contribution in [0.4, 0.5) is 13.2 Å². The van der Waals surface area contributed by atoms with Crippen LogP contribution in [0.1, 0.15) is 25.0 Å². The van der Waals surface area contributed by atoms with Crippen LogP contribution in [0.15, 0.2) is 59.5 Å². The number of halogens is 3. The van der Waals surface area contributed by atoms with Crippen LogP contribution < -0.4 is 4.72 Å². The molecular weight excluding hydrogens is 492 g/mol. The monoisotopic (exact) mass is 520 g/mol. The number of nitrogens with zero attached hydrogens (tertiary/aromatic N) is 1. The molecule has 0 aliphatic carbocycles. The summed E-state index contributed by atoms with van der Waals surface area (Å²) in [5.41, 5.74) is 1.40. The van der Waals surface area contributed by atoms with Gasteiger partial charge in [0.05, 0.1) is 24.2 Å². The highest BCUT2D eigenvalue weighted by Crippen LogP contribution is 2.59. The van der Waals surface area contributed by atoms with E-state index in [-0.39, 0.29) is 24.7 Å². The molecule has 1 N–H and O–H groups in total. The topological polar surface area (TPSA) is 84.7 Å². The van der Waals surface area contributed by atoms with E-state index in [1.807, 2.05) is 0 Å². The Morgan fingerprint density at radius 3 is 2.09 bits per heavy atom. The highest BCUT2D eigenvalue weighted by atomic mass is 32.2. The second-order valence-corrected chi connectivity index (χ2v) is 11.8. The second kappa shape index (κ2) is 10.5. The van der Waals surface area contributed by atoms with Gasteiger partial charge in [-0.3, -0.25) is 9.46 Å². The highest BCUT2D eigenvalue weighted by Gasteiger charge is 2.69. The van der Waals surface area contributed by atoms with Gasteiger partial charge in [0, 0.05) is 6.54 Å². The fourth-order valence-corrected chi connectivity index (χ4v) is 7.70. The van der Waals surface area contributed by atoms with Crippen molar-refractivity contribution in [3.63, 3.8) is 0 Å². The van der Waals surface area contributed by atoms with Crippen LogP contribution >= 0.6 is 7.60 Å². The van der Waals surface area contributed by atoms with Crippen molar-refractivity contribution in [2.45, 2.75) is 56.3 Å². The van der Waals surface area contributed by atoms with Crippen molar-refractivity contribution in [1.29, 1.82) is 0 Å². The maximum absolute atomic E-state index is 14.0. The van der Waals surface area contributed by atoms with Gasteiger partial charge in [-0.15, -0.1) is 0 Å². The Morgan fingerprint density at radius 1 is 1.03 bits per heavy atom. The summed E-state index contributed by atoms with van der Waals surface area (Å²) in [5.74, 6) is -1.77. The molecule has 0 radical (unpaired) electrons. The summed E-state index contributed by atoms with van der Waals surface area (Å²) in [5, 5.41) is 0. The number of sulfonamides is 1. The van der Waals surface area contributed by atoms with Gasteiger partial charge in [0.1, 0.15) is 11.8 Å². The first-order valence-electron chi connectivity index (χ1n) is 10.8. The number of alkyl halides is 3. The number of aryl methyl sites for hydroxylation is 1. The molecule has 2 aromatic carbocycles. The van der Waals surface area contributed by atoms with Gasteiger partial charge >= 0.3 is 13.8 Å². The third-order valence-corrected chi connectivity index (χ3v) is 9.39. The van der Waals surface area contributed by atoms with Gasteiger partial charge in [-0.25, -0.2) is 8.42 Å². The molecule has 0 aromatic heterocycles. The quantitative estimate of drug-likeness (QED) is 0.342. The van der Waals surface area contributed by atoms with Gasteiger partial charge in [0.25, 0.3) is 0 Å². The molecule has 1 saturated heterocycles. The Hall–Kier alpha value is -1.75. The van der Waals surface area contributed by atoms with E-state index in [2.05, 4.69) is 4.72 Å². The summed E-state index contributed by atoms with van der Waals surface area (Å²) in [7, 11) is -8.67. The Bertz CT molecular complexity index is 1100. The Morgan fingerprint density at radius 2 is 1.59 bits per heavy atom. The first-order valence-corrected chi connectivity index (χ1v) is 13.9. The van der Waals surface area contributed by atoms with Crippen molar-refractivity contribution < 1.29 is 35.2 Å². The van der Waals surface area contributed by atoms with Crippen molar-refractivity contribution in [3.05, 3.63) is 65.7 Å². The molecule has 12 heteroatoms. The van der Waals surface area contributed by atoms with Crippen LogP contribution in [0, 0.1) is 6.92 Å². The zero-order valence-corrected chi connectivity index (χ0v) is 20.7. The SMILES string of the molecule is CCOP(=O)(OCC)[C@@H](NS(=O)(=O)c1ccc(C)cc1)[C@@H]1[C@H](C(F)(F)F)N1Cc1ccccc1. The van der Waals surface area contributed by atoms with Crippen LogP contribution in [0.3, 0.4) is 0 Å². The van der Waals surface area contributed by atoms with Gasteiger partial charge in [0.2, 0.25) is 10.0 Å². The summed E-state index contributed by atoms with van der Waals surface area (Å²) in [6.07, 6.45) is -4.68. The van der Waals surface area contributed by atoms with E-state index in [1.54, 1.807) is 49.4 Å². The van der Waals surface area contributed by atoms with E-state index in [0.29, 0.717) is 5.56 Å². The molecular formula is C22H28F3N2O5PS. The standard InChI is InChI=1S/C22H28F3N2O5PS/c1-4-31-33(28,32-5-2)21(26-34(29,30)18-13-11-16(3)12-14-18)19-20(22(23,24)25)27(19)15-17-9-7-6-8-10-17/h6-14,19-21,26H,4-5,15H2,1-3H3/t19-,20+,21+,27?/m0/s1. The summed E-state index contributed by atoms with van der Waals surface area (Å²) in [6.45, 7) is 4.39. The Kier molecular flexibility index (Phi) is 8.27. The van der Waals surface area contributed by atoms with E-state index in [9.17, 15) is 26.2 Å². The first kappa shape index (κ1) is 26.8. The molecule has 1 aliphatic rings. The van der Waals surface area contributed by atoms with Crippen molar-refractivity contribution in [1.82, 2.24) is 9.62 Å². The summed E-state index contributed by atoms with van der Waals surface area (Å²) >= 11 is 0. The summed E-state index contributed by atoms with van der Waals surface area (Å²) in [4.78, 5) is 0.893. The van der Waals surface area contributed by atoms with Gasteiger partial charge in [-0.05, 0) is 38.5 Å². The molecule has 188 valence electrons. The molecule has 4 atom stereocenters. The predicted octanol–water partition coefficient (Wildman–Crippen LogP) is 4.68. The lowest BCUT2D eigenvalue weighted by Gasteiger charge is -2.27. The number of hydrogen-bond donors (Lipinski definition) is 1. The van der Waals surface area contributed by atoms with E-state index in [0.717, 1.165) is 10.5 Å². The molecule has 0 bridgehead atoms. The fourth-order valence-electron chi connectivity index (χ4n) is 3.85. The maximum atomic E-state index is 14.0. The molecule has 1 heterocycles. The number of hydrogen-bond acceptors (Lipinski definition) is 6. The second-order valence-electron chi connectivity index (χ2n) is 7.89. The van der Waals surface area contributed by atoms with Crippen LogP contribution in [-0.2, 0) is 30.2 Å². The Labute approximate surface area is 197 Å². The smallest absolute Gasteiger partial charge is 0.308 e. The van der Waals surface area contributed by atoms with Crippen LogP contribution in [-0.4, -0.2) is 50.6 Å². The van der Waals surface area contributed by atoms with Gasteiger partial charge in [-0.1, -0.05) is 48.0 Å². The van der Waals surface area contributed by atoms with E-state index in [4.69, 9.17) is 9.05 Å². The molecule has 3 rings (SSSR count). The average Bonchev–Trinajstić information content (AvgIpc) is 3.47. The number of rotatable bonds is 11. The maximum Gasteiger partial charge on any atom is 0.405 e. The van der Waals surface area contributed by atoms with Crippen LogP contribution in [0.2, 0.25) is 0 Å². The van der Waals surface area contributed by atoms with Crippen molar-refractivity contribution >= 4 is 17.6 Å². The minimum atomic E-state index is -4.68. The summed E-state index contributed by atoms with van der Waals surface area (Å²) < 4.78 is 94.7. The zero-order chi connectivity index (χ0) is 25.1. The molecule has 0 amide bonds. The van der Waals surface area contributed by atoms with Crippen molar-refractivity contribution in [2.75, 3.05) is 13.2 Å². The molecule has 2 aromatic rings. The van der Waals surface area contributed by atoms with E-state index in [1.165, 1.54) is 26.0 Å². The minimum Gasteiger partial charge on any atom is -0.308 e. The molecule has 1 fully saturated rings. The van der Waals surface area contributed by atoms with Gasteiger partial charge in [0.15, 0.2) is 0 Å². The molecule has 0 spiro atoms. The largest absolute Gasteiger partial charge is 0.405 e. The lowest BCUT2D eigenvalue weighted by atomic mass is 10.2. The molecule has 7 nitrogen and oxygen atoms in total. The number of benzene rings is 2. The van der Waals surface area contributed by atoms with Crippen molar-refractivity contribution in [3.8, 4) is 0 Å². The molecule has 1 unspecified atom stereocenters. The highest BCUT2D eigenvalue weighted by molar-refractivity contribution is 7.89. The first-order chi connectivity index (χ1) is 15.9. The predicted molar refractivity (Wildman–Crippen MR) is 122 cm³/mol. The summed E-state index contributed by atoms with van der Waals surface area (Å²) in [6, 6.07) is 10.7. The van der Waals surface area contributed by atoms with Gasteiger partial charge < -0.3 is 9.05 Å². The number of nitrogens with one attached hydrogen (secondary N) is 1. The van der Waals surface area contributed by atoms with Crippen molar-refractivity contribution in [2.24, 2.45) is 0 Å². The molecule has 0 saturated carbocycles. The lowest BCUT2D eigenvalue weighted by molar-refractivity contribution is -0.137. The molecule has 1 aliphatic heterocycles. The van der Waals surface area contributed by atoms with E-state index < -0.39 is 41.7 Å². The minimum absolute atomic E-state index is 0.114. The lowest BCUT2D eigenvalue weighted by Crippen LogP contribution is -2.42. The normalized spacial score (nSPS) is 21.9. The third kappa shape index (κ3) is 6.08. The van der Waals surface area contributed by atoms with Crippen LogP contribution in [0.5, 0.6) is 0 Å². The third-order valence-electron chi connectivity index (χ3n) is 5.41. The molecule has 34 heavy (non-hydrogen) atoms. The zero-order valence-electron chi connectivity index (χ0n) is 19.0. The Balaban J connectivity index is 2.03. The van der Waals surface area contributed by atoms with Gasteiger partial charge in [-0.2, -0.15) is 17.9 Å². The fraction of sp³-hybridized carbons (Fsp3) is 0.455. The average molecular weight is 521 g/mol.